The predicted molar refractivity (Wildman–Crippen MR) is 111 cm³/mol. The van der Waals surface area contributed by atoms with Crippen LogP contribution in [-0.2, 0) is 38.2 Å². The van der Waals surface area contributed by atoms with Crippen molar-refractivity contribution < 1.29 is 43.3 Å². The minimum absolute atomic E-state index is 0.0761. The Balaban J connectivity index is 1.92. The maximum absolute atomic E-state index is 13.4. The largest absolute Gasteiger partial charge is 0.465 e. The Morgan fingerprint density at radius 1 is 1.27 bits per heavy atom. The fraction of sp³-hybridized carbons (Fsp3) is 0.708. The van der Waals surface area contributed by atoms with Crippen LogP contribution in [0.3, 0.4) is 0 Å². The summed E-state index contributed by atoms with van der Waals surface area (Å²) in [5.41, 5.74) is -3.66. The van der Waals surface area contributed by atoms with Gasteiger partial charge in [0.05, 0.1) is 18.1 Å². The number of aldehydes is 1. The van der Waals surface area contributed by atoms with Crippen LogP contribution in [0, 0.1) is 34.0 Å². The summed E-state index contributed by atoms with van der Waals surface area (Å²) in [5, 5.41) is 11.4. The van der Waals surface area contributed by atoms with Gasteiger partial charge in [0.15, 0.2) is 5.78 Å². The van der Waals surface area contributed by atoms with E-state index in [1.165, 1.54) is 13.8 Å². The summed E-state index contributed by atoms with van der Waals surface area (Å²) in [6.45, 7) is 7.80. The maximum Gasteiger partial charge on any atom is 0.320 e. The van der Waals surface area contributed by atoms with Crippen molar-refractivity contribution in [2.75, 3.05) is 13.2 Å². The van der Waals surface area contributed by atoms with Crippen LogP contribution < -0.4 is 0 Å². The van der Waals surface area contributed by atoms with E-state index in [1.807, 2.05) is 0 Å². The Kier molecular flexibility index (Phi) is 5.54. The van der Waals surface area contributed by atoms with Gasteiger partial charge in [-0.25, -0.2) is 0 Å². The number of ether oxygens (including phenoxy) is 3. The van der Waals surface area contributed by atoms with E-state index in [-0.39, 0.29) is 44.0 Å². The minimum atomic E-state index is -1.68. The SMILES string of the molecule is C=C1C(=O)[C@]23C[C@H]1C[C@@H](O)[C@H]2[C@]1(COC3=O)[C@@H](OC(C)=O)CC[C@@](C)(COC(C)=O)[C@H]1C=O. The summed E-state index contributed by atoms with van der Waals surface area (Å²) in [4.78, 5) is 63.0. The number of carbonyl (C=O) groups excluding carboxylic acids is 5. The second-order valence-electron chi connectivity index (χ2n) is 10.4. The van der Waals surface area contributed by atoms with Crippen LogP contribution in [0.25, 0.3) is 0 Å². The lowest BCUT2D eigenvalue weighted by molar-refractivity contribution is -0.257. The van der Waals surface area contributed by atoms with Crippen molar-refractivity contribution in [2.24, 2.45) is 34.0 Å². The van der Waals surface area contributed by atoms with Gasteiger partial charge in [0.2, 0.25) is 0 Å². The predicted octanol–water partition coefficient (Wildman–Crippen LogP) is 1.15. The van der Waals surface area contributed by atoms with Gasteiger partial charge in [-0.2, -0.15) is 0 Å². The van der Waals surface area contributed by atoms with Crippen molar-refractivity contribution in [3.8, 4) is 0 Å². The number of rotatable bonds is 4. The quantitative estimate of drug-likeness (QED) is 0.215. The van der Waals surface area contributed by atoms with Crippen LogP contribution in [-0.4, -0.2) is 60.5 Å². The van der Waals surface area contributed by atoms with E-state index in [9.17, 15) is 29.1 Å². The molecular formula is C24H30O9. The number of hydrogen-bond donors (Lipinski definition) is 1. The van der Waals surface area contributed by atoms with Crippen molar-refractivity contribution in [2.45, 2.75) is 58.7 Å². The van der Waals surface area contributed by atoms with Crippen LogP contribution in [0.2, 0.25) is 0 Å². The summed E-state index contributed by atoms with van der Waals surface area (Å²) < 4.78 is 16.6. The summed E-state index contributed by atoms with van der Waals surface area (Å²) in [6, 6.07) is 0. The third-order valence-electron chi connectivity index (χ3n) is 8.55. The number of ketones is 1. The fourth-order valence-electron chi connectivity index (χ4n) is 7.25. The molecule has 9 nitrogen and oxygen atoms in total. The van der Waals surface area contributed by atoms with Gasteiger partial charge in [-0.1, -0.05) is 13.5 Å². The zero-order valence-electron chi connectivity index (χ0n) is 19.1. The first kappa shape index (κ1) is 23.6. The van der Waals surface area contributed by atoms with E-state index in [4.69, 9.17) is 14.2 Å². The van der Waals surface area contributed by atoms with E-state index < -0.39 is 64.0 Å². The number of hydrogen-bond acceptors (Lipinski definition) is 9. The van der Waals surface area contributed by atoms with Crippen molar-refractivity contribution in [1.82, 2.24) is 0 Å². The molecule has 0 unspecified atom stereocenters. The standard InChI is InChI=1S/C24H30O9/c1-12-15-7-16(28)19-23(8-15,20(12)29)21(30)32-11-24(19)17(9-25)22(4,10-31-13(2)26)6-5-18(24)33-14(3)27/h9,15-19,28H,1,5-8,10-11H2,2-4H3/t15-,16-,17-,18+,19-,22+,23+,24+/m1/s1. The molecule has 0 aromatic heterocycles. The number of aliphatic hydroxyl groups excluding tert-OH is 1. The molecule has 1 saturated heterocycles. The Labute approximate surface area is 191 Å². The number of fused-ring (bicyclic) bond motifs is 2. The normalized spacial score (nSPS) is 44.1. The Bertz CT molecular complexity index is 940. The molecular weight excluding hydrogens is 432 g/mol. The molecule has 3 saturated carbocycles. The zero-order valence-corrected chi connectivity index (χ0v) is 19.1. The van der Waals surface area contributed by atoms with E-state index in [0.717, 1.165) is 0 Å². The monoisotopic (exact) mass is 462 g/mol. The molecule has 180 valence electrons. The van der Waals surface area contributed by atoms with Crippen LogP contribution >= 0.6 is 0 Å². The molecule has 8 atom stereocenters. The third-order valence-corrected chi connectivity index (χ3v) is 8.55. The lowest BCUT2D eigenvalue weighted by atomic mass is 9.43. The lowest BCUT2D eigenvalue weighted by Gasteiger charge is -2.62. The van der Waals surface area contributed by atoms with Gasteiger partial charge in [0.1, 0.15) is 24.4 Å². The van der Waals surface area contributed by atoms with E-state index in [2.05, 4.69) is 6.58 Å². The number of Topliss-reactive ketones (excluding diaryl/α,β-unsaturated/α-hetero) is 1. The highest BCUT2D eigenvalue weighted by molar-refractivity contribution is 6.15. The number of carbonyl (C=O) groups is 5. The number of cyclic esters (lactones) is 1. The number of allylic oxidation sites excluding steroid dienone is 1. The van der Waals surface area contributed by atoms with E-state index in [0.29, 0.717) is 12.7 Å². The molecule has 4 rings (SSSR count). The first-order chi connectivity index (χ1) is 15.4. The number of esters is 3. The van der Waals surface area contributed by atoms with Crippen molar-refractivity contribution in [1.29, 1.82) is 0 Å². The van der Waals surface area contributed by atoms with Gasteiger partial charge in [-0.15, -0.1) is 0 Å². The molecule has 9 heteroatoms. The van der Waals surface area contributed by atoms with E-state index in [1.54, 1.807) is 6.92 Å². The van der Waals surface area contributed by atoms with Crippen molar-refractivity contribution >= 4 is 30.0 Å². The highest BCUT2D eigenvalue weighted by Crippen LogP contribution is 2.68. The molecule has 2 bridgehead atoms. The second-order valence-corrected chi connectivity index (χ2v) is 10.4. The topological polar surface area (TPSA) is 133 Å². The smallest absolute Gasteiger partial charge is 0.320 e. The average Bonchev–Trinajstić information content (AvgIpc) is 2.93. The van der Waals surface area contributed by atoms with Crippen molar-refractivity contribution in [3.63, 3.8) is 0 Å². The van der Waals surface area contributed by atoms with Gasteiger partial charge in [0.25, 0.3) is 0 Å². The van der Waals surface area contributed by atoms with Gasteiger partial charge in [-0.05, 0) is 37.2 Å². The molecule has 4 aliphatic rings. The molecule has 1 heterocycles. The minimum Gasteiger partial charge on any atom is -0.465 e. The second kappa shape index (κ2) is 7.75. The Morgan fingerprint density at radius 3 is 2.58 bits per heavy atom. The summed E-state index contributed by atoms with van der Waals surface area (Å²) in [7, 11) is 0. The molecule has 0 aromatic carbocycles. The molecule has 3 aliphatic carbocycles. The molecule has 2 spiro atoms. The summed E-state index contributed by atoms with van der Waals surface area (Å²) >= 11 is 0. The molecule has 33 heavy (non-hydrogen) atoms. The first-order valence-corrected chi connectivity index (χ1v) is 11.3. The molecule has 1 N–H and O–H groups in total. The first-order valence-electron chi connectivity index (χ1n) is 11.3. The van der Waals surface area contributed by atoms with E-state index >= 15 is 0 Å². The van der Waals surface area contributed by atoms with Crippen LogP contribution in [0.5, 0.6) is 0 Å². The molecule has 0 aromatic rings. The maximum atomic E-state index is 13.4. The lowest BCUT2D eigenvalue weighted by Crippen LogP contribution is -2.71. The highest BCUT2D eigenvalue weighted by atomic mass is 16.6. The Hall–Kier alpha value is -2.55. The van der Waals surface area contributed by atoms with Crippen LogP contribution in [0.1, 0.15) is 46.5 Å². The van der Waals surface area contributed by atoms with Gasteiger partial charge in [-0.3, -0.25) is 19.2 Å². The fourth-order valence-corrected chi connectivity index (χ4v) is 7.25. The van der Waals surface area contributed by atoms with Gasteiger partial charge < -0.3 is 24.1 Å². The van der Waals surface area contributed by atoms with Crippen LogP contribution in [0.15, 0.2) is 12.2 Å². The van der Waals surface area contributed by atoms with Crippen LogP contribution in [0.4, 0.5) is 0 Å². The zero-order chi connectivity index (χ0) is 24.3. The molecule has 0 radical (unpaired) electrons. The summed E-state index contributed by atoms with van der Waals surface area (Å²) in [5.74, 6) is -4.59. The molecule has 0 amide bonds. The average molecular weight is 462 g/mol. The molecule has 4 fully saturated rings. The number of aliphatic hydroxyl groups is 1. The molecule has 1 aliphatic heterocycles. The third kappa shape index (κ3) is 3.11. The summed E-state index contributed by atoms with van der Waals surface area (Å²) in [6.07, 6.45) is -0.251. The van der Waals surface area contributed by atoms with Gasteiger partial charge in [0, 0.05) is 31.1 Å². The Morgan fingerprint density at radius 2 is 1.97 bits per heavy atom. The van der Waals surface area contributed by atoms with Crippen molar-refractivity contribution in [3.05, 3.63) is 12.2 Å². The van der Waals surface area contributed by atoms with Gasteiger partial charge >= 0.3 is 17.9 Å². The highest BCUT2D eigenvalue weighted by Gasteiger charge is 2.77.